The normalized spacial score (nSPS) is 23.1. The standard InChI is InChI=1S/C18H29ClN2/c1-12(2)8-15-11-21(18(10-20-15)13(3)4)17-9-14(5)6-7-16(17)19/h6-7,9,12-13,15,18,20H,8,10-11H2,1-5H3. The van der Waals surface area contributed by atoms with Crippen molar-refractivity contribution < 1.29 is 0 Å². The van der Waals surface area contributed by atoms with Gasteiger partial charge in [0.15, 0.2) is 0 Å². The molecule has 1 saturated heterocycles. The summed E-state index contributed by atoms with van der Waals surface area (Å²) in [6, 6.07) is 7.41. The lowest BCUT2D eigenvalue weighted by atomic mass is 9.94. The van der Waals surface area contributed by atoms with E-state index in [0.29, 0.717) is 23.9 Å². The molecule has 1 heterocycles. The molecule has 0 saturated carbocycles. The van der Waals surface area contributed by atoms with Crippen LogP contribution in [0.25, 0.3) is 0 Å². The van der Waals surface area contributed by atoms with E-state index in [4.69, 9.17) is 11.6 Å². The fraction of sp³-hybridized carbons (Fsp3) is 0.667. The van der Waals surface area contributed by atoms with E-state index in [1.807, 2.05) is 6.07 Å². The Morgan fingerprint density at radius 3 is 2.62 bits per heavy atom. The van der Waals surface area contributed by atoms with Crippen molar-refractivity contribution in [1.82, 2.24) is 5.32 Å². The predicted octanol–water partition coefficient (Wildman–Crippen LogP) is 4.50. The van der Waals surface area contributed by atoms with E-state index < -0.39 is 0 Å². The number of piperazine rings is 1. The van der Waals surface area contributed by atoms with Gasteiger partial charge in [0.1, 0.15) is 0 Å². The molecule has 118 valence electrons. The SMILES string of the molecule is Cc1ccc(Cl)c(N2CC(CC(C)C)NCC2C(C)C)c1. The van der Waals surface area contributed by atoms with Crippen LogP contribution in [0.1, 0.15) is 39.7 Å². The van der Waals surface area contributed by atoms with Crippen LogP contribution in [-0.4, -0.2) is 25.2 Å². The van der Waals surface area contributed by atoms with Gasteiger partial charge in [-0.3, -0.25) is 0 Å². The van der Waals surface area contributed by atoms with E-state index in [0.717, 1.165) is 18.1 Å². The average Bonchev–Trinajstić information content (AvgIpc) is 2.40. The molecule has 2 nitrogen and oxygen atoms in total. The Bertz CT molecular complexity index is 470. The second-order valence-electron chi connectivity index (χ2n) is 7.15. The molecule has 0 aromatic heterocycles. The van der Waals surface area contributed by atoms with Crippen LogP contribution in [0.15, 0.2) is 18.2 Å². The van der Waals surface area contributed by atoms with Crippen molar-refractivity contribution in [3.8, 4) is 0 Å². The molecule has 0 bridgehead atoms. The number of hydrogen-bond donors (Lipinski definition) is 1. The van der Waals surface area contributed by atoms with E-state index in [9.17, 15) is 0 Å². The first-order chi connectivity index (χ1) is 9.88. The number of nitrogens with one attached hydrogen (secondary N) is 1. The maximum absolute atomic E-state index is 6.49. The molecule has 2 atom stereocenters. The van der Waals surface area contributed by atoms with Crippen molar-refractivity contribution in [1.29, 1.82) is 0 Å². The highest BCUT2D eigenvalue weighted by Crippen LogP contribution is 2.32. The molecular formula is C18H29ClN2. The molecule has 1 aromatic rings. The van der Waals surface area contributed by atoms with E-state index in [1.165, 1.54) is 17.7 Å². The van der Waals surface area contributed by atoms with Gasteiger partial charge in [-0.25, -0.2) is 0 Å². The van der Waals surface area contributed by atoms with E-state index in [1.54, 1.807) is 0 Å². The molecule has 1 aliphatic heterocycles. The lowest BCUT2D eigenvalue weighted by molar-refractivity contribution is 0.310. The highest BCUT2D eigenvalue weighted by molar-refractivity contribution is 6.33. The summed E-state index contributed by atoms with van der Waals surface area (Å²) < 4.78 is 0. The van der Waals surface area contributed by atoms with Crippen LogP contribution in [0.3, 0.4) is 0 Å². The molecule has 1 fully saturated rings. The van der Waals surface area contributed by atoms with Crippen LogP contribution in [0.5, 0.6) is 0 Å². The summed E-state index contributed by atoms with van der Waals surface area (Å²) in [6.07, 6.45) is 1.21. The fourth-order valence-corrected chi connectivity index (χ4v) is 3.50. The Morgan fingerprint density at radius 2 is 2.00 bits per heavy atom. The average molecular weight is 309 g/mol. The molecule has 0 aliphatic carbocycles. The second-order valence-corrected chi connectivity index (χ2v) is 7.56. The molecule has 0 spiro atoms. The van der Waals surface area contributed by atoms with Crippen LogP contribution in [0, 0.1) is 18.8 Å². The zero-order chi connectivity index (χ0) is 15.6. The molecule has 0 radical (unpaired) electrons. The first-order valence-corrected chi connectivity index (χ1v) is 8.52. The zero-order valence-electron chi connectivity index (χ0n) is 14.0. The number of aryl methyl sites for hydroxylation is 1. The minimum atomic E-state index is 0.507. The third-order valence-electron chi connectivity index (χ3n) is 4.37. The first-order valence-electron chi connectivity index (χ1n) is 8.14. The topological polar surface area (TPSA) is 15.3 Å². The van der Waals surface area contributed by atoms with Gasteiger partial charge in [0.25, 0.3) is 0 Å². The van der Waals surface area contributed by atoms with Crippen molar-refractivity contribution in [2.45, 2.75) is 53.1 Å². The fourth-order valence-electron chi connectivity index (χ4n) is 3.28. The third kappa shape index (κ3) is 4.14. The Labute approximate surface area is 134 Å². The quantitative estimate of drug-likeness (QED) is 0.881. The van der Waals surface area contributed by atoms with E-state index in [-0.39, 0.29) is 0 Å². The smallest absolute Gasteiger partial charge is 0.0639 e. The monoisotopic (exact) mass is 308 g/mol. The van der Waals surface area contributed by atoms with Crippen LogP contribution in [0.4, 0.5) is 5.69 Å². The van der Waals surface area contributed by atoms with Crippen LogP contribution in [-0.2, 0) is 0 Å². The summed E-state index contributed by atoms with van der Waals surface area (Å²) >= 11 is 6.49. The van der Waals surface area contributed by atoms with Gasteiger partial charge in [-0.05, 0) is 42.9 Å². The molecule has 21 heavy (non-hydrogen) atoms. The Morgan fingerprint density at radius 1 is 1.29 bits per heavy atom. The number of benzene rings is 1. The summed E-state index contributed by atoms with van der Waals surface area (Å²) in [5.41, 5.74) is 2.47. The maximum atomic E-state index is 6.49. The lowest BCUT2D eigenvalue weighted by Crippen LogP contribution is -2.58. The summed E-state index contributed by atoms with van der Waals surface area (Å²) in [6.45, 7) is 13.4. The highest BCUT2D eigenvalue weighted by atomic mass is 35.5. The van der Waals surface area contributed by atoms with Crippen LogP contribution in [0.2, 0.25) is 5.02 Å². The van der Waals surface area contributed by atoms with Gasteiger partial charge in [-0.15, -0.1) is 0 Å². The van der Waals surface area contributed by atoms with Gasteiger partial charge in [0.2, 0.25) is 0 Å². The van der Waals surface area contributed by atoms with Crippen molar-refractivity contribution in [2.75, 3.05) is 18.0 Å². The first kappa shape index (κ1) is 16.6. The summed E-state index contributed by atoms with van der Waals surface area (Å²) in [7, 11) is 0. The Kier molecular flexibility index (Phi) is 5.56. The highest BCUT2D eigenvalue weighted by Gasteiger charge is 2.31. The zero-order valence-corrected chi connectivity index (χ0v) is 14.7. The second kappa shape index (κ2) is 7.02. The molecule has 1 N–H and O–H groups in total. The summed E-state index contributed by atoms with van der Waals surface area (Å²) in [5, 5.41) is 4.60. The number of nitrogens with zero attached hydrogens (tertiary/aromatic N) is 1. The van der Waals surface area contributed by atoms with Crippen LogP contribution >= 0.6 is 11.6 Å². The van der Waals surface area contributed by atoms with Crippen molar-refractivity contribution in [3.63, 3.8) is 0 Å². The van der Waals surface area contributed by atoms with Crippen molar-refractivity contribution >= 4 is 17.3 Å². The van der Waals surface area contributed by atoms with Crippen LogP contribution < -0.4 is 10.2 Å². The molecule has 2 rings (SSSR count). The minimum Gasteiger partial charge on any atom is -0.364 e. The summed E-state index contributed by atoms with van der Waals surface area (Å²) in [5.74, 6) is 1.32. The third-order valence-corrected chi connectivity index (χ3v) is 4.69. The van der Waals surface area contributed by atoms with Gasteiger partial charge >= 0.3 is 0 Å². The Balaban J connectivity index is 2.27. The Hall–Kier alpha value is -0.730. The lowest BCUT2D eigenvalue weighted by Gasteiger charge is -2.44. The van der Waals surface area contributed by atoms with E-state index in [2.05, 4.69) is 57.0 Å². The van der Waals surface area contributed by atoms with Crippen molar-refractivity contribution in [3.05, 3.63) is 28.8 Å². The van der Waals surface area contributed by atoms with Gasteiger partial charge in [0.05, 0.1) is 10.7 Å². The molecule has 2 unspecified atom stereocenters. The molecule has 3 heteroatoms. The summed E-state index contributed by atoms with van der Waals surface area (Å²) in [4.78, 5) is 2.53. The predicted molar refractivity (Wildman–Crippen MR) is 93.4 cm³/mol. The molecule has 1 aromatic carbocycles. The number of anilines is 1. The molecule has 1 aliphatic rings. The minimum absolute atomic E-state index is 0.507. The largest absolute Gasteiger partial charge is 0.364 e. The van der Waals surface area contributed by atoms with E-state index >= 15 is 0 Å². The van der Waals surface area contributed by atoms with Gasteiger partial charge in [-0.1, -0.05) is 45.4 Å². The maximum Gasteiger partial charge on any atom is 0.0639 e. The number of hydrogen-bond acceptors (Lipinski definition) is 2. The molecular weight excluding hydrogens is 280 g/mol. The number of halogens is 1. The van der Waals surface area contributed by atoms with Gasteiger partial charge < -0.3 is 10.2 Å². The number of rotatable bonds is 4. The van der Waals surface area contributed by atoms with Gasteiger partial charge in [0, 0.05) is 25.2 Å². The van der Waals surface area contributed by atoms with Crippen molar-refractivity contribution in [2.24, 2.45) is 11.8 Å². The molecule has 0 amide bonds. The van der Waals surface area contributed by atoms with Gasteiger partial charge in [-0.2, -0.15) is 0 Å².